The highest BCUT2D eigenvalue weighted by Gasteiger charge is 2.25. The zero-order chi connectivity index (χ0) is 23.3. The van der Waals surface area contributed by atoms with E-state index in [-0.39, 0.29) is 16.7 Å². The lowest BCUT2D eigenvalue weighted by Gasteiger charge is -2.20. The van der Waals surface area contributed by atoms with Gasteiger partial charge >= 0.3 is 0 Å². The lowest BCUT2D eigenvalue weighted by Crippen LogP contribution is -2.31. The third kappa shape index (κ3) is 6.30. The molecule has 2 aromatic rings. The molecule has 2 amide bonds. The molecule has 2 fully saturated rings. The summed E-state index contributed by atoms with van der Waals surface area (Å²) in [5.74, 6) is -0.402. The zero-order valence-corrected chi connectivity index (χ0v) is 19.3. The first kappa shape index (κ1) is 23.2. The number of nitrogens with one attached hydrogen (secondary N) is 2. The predicted molar refractivity (Wildman–Crippen MR) is 128 cm³/mol. The van der Waals surface area contributed by atoms with Crippen molar-refractivity contribution in [1.82, 2.24) is 9.62 Å². The maximum absolute atomic E-state index is 12.9. The number of rotatable bonds is 7. The molecule has 4 rings (SSSR count). The Bertz CT molecular complexity index is 1110. The van der Waals surface area contributed by atoms with Gasteiger partial charge in [-0.3, -0.25) is 9.59 Å². The van der Waals surface area contributed by atoms with Crippen LogP contribution >= 0.6 is 0 Å². The Morgan fingerprint density at radius 3 is 2.12 bits per heavy atom. The summed E-state index contributed by atoms with van der Waals surface area (Å²) in [6.07, 6.45) is 9.04. The van der Waals surface area contributed by atoms with Gasteiger partial charge in [0.15, 0.2) is 0 Å². The largest absolute Gasteiger partial charge is 0.349 e. The van der Waals surface area contributed by atoms with Crippen LogP contribution in [0.3, 0.4) is 0 Å². The molecule has 8 heteroatoms. The highest BCUT2D eigenvalue weighted by molar-refractivity contribution is 7.89. The Hall–Kier alpha value is -2.97. The number of benzene rings is 2. The van der Waals surface area contributed by atoms with Crippen LogP contribution in [0.5, 0.6) is 0 Å². The highest BCUT2D eigenvalue weighted by atomic mass is 32.2. The van der Waals surface area contributed by atoms with E-state index in [9.17, 15) is 18.0 Å². The predicted octanol–water partition coefficient (Wildman–Crippen LogP) is 3.80. The second kappa shape index (κ2) is 10.3. The van der Waals surface area contributed by atoms with Gasteiger partial charge in [0.1, 0.15) is 0 Å². The van der Waals surface area contributed by atoms with Gasteiger partial charge in [-0.2, -0.15) is 4.31 Å². The molecular weight excluding hydrogens is 438 g/mol. The van der Waals surface area contributed by atoms with Crippen molar-refractivity contribution in [3.05, 3.63) is 65.7 Å². The lowest BCUT2D eigenvalue weighted by atomic mass is 10.1. The molecule has 0 spiro atoms. The van der Waals surface area contributed by atoms with Crippen molar-refractivity contribution in [2.75, 3.05) is 18.4 Å². The minimum atomic E-state index is -3.51. The number of hydrogen-bond donors (Lipinski definition) is 2. The first-order chi connectivity index (χ1) is 15.9. The number of carbonyl (C=O) groups excluding carboxylic acids is 2. The van der Waals surface area contributed by atoms with Crippen LogP contribution in [0.4, 0.5) is 5.69 Å². The van der Waals surface area contributed by atoms with Crippen molar-refractivity contribution in [1.29, 1.82) is 0 Å². The van der Waals surface area contributed by atoms with Gasteiger partial charge in [0.2, 0.25) is 15.9 Å². The fourth-order valence-corrected chi connectivity index (χ4v) is 5.26. The molecule has 0 atom stereocenters. The summed E-state index contributed by atoms with van der Waals surface area (Å²) in [5, 5.41) is 5.68. The van der Waals surface area contributed by atoms with Crippen molar-refractivity contribution in [3.63, 3.8) is 0 Å². The molecule has 2 aliphatic rings. The molecule has 7 nitrogen and oxygen atoms in total. The summed E-state index contributed by atoms with van der Waals surface area (Å²) in [4.78, 5) is 24.5. The van der Waals surface area contributed by atoms with Crippen molar-refractivity contribution in [3.8, 4) is 0 Å². The van der Waals surface area contributed by atoms with E-state index in [1.54, 1.807) is 46.8 Å². The molecule has 1 aliphatic heterocycles. The molecule has 1 saturated heterocycles. The average molecular weight is 468 g/mol. The average Bonchev–Trinajstić information content (AvgIpc) is 3.65. The van der Waals surface area contributed by atoms with Crippen LogP contribution in [-0.4, -0.2) is 43.7 Å². The molecule has 0 radical (unpaired) electrons. The molecule has 1 saturated carbocycles. The summed E-state index contributed by atoms with van der Waals surface area (Å²) in [5.41, 5.74) is 1.91. The maximum Gasteiger partial charge on any atom is 0.251 e. The van der Waals surface area contributed by atoms with E-state index >= 15 is 0 Å². The molecule has 0 aromatic heterocycles. The fraction of sp³-hybridized carbons (Fsp3) is 0.360. The number of carbonyl (C=O) groups is 2. The van der Waals surface area contributed by atoms with E-state index in [2.05, 4.69) is 10.6 Å². The van der Waals surface area contributed by atoms with Crippen molar-refractivity contribution >= 4 is 33.6 Å². The van der Waals surface area contributed by atoms with E-state index in [0.29, 0.717) is 30.4 Å². The van der Waals surface area contributed by atoms with Gasteiger partial charge in [-0.1, -0.05) is 25.0 Å². The summed E-state index contributed by atoms with van der Waals surface area (Å²) in [6, 6.07) is 13.6. The van der Waals surface area contributed by atoms with Crippen LogP contribution in [0, 0.1) is 0 Å². The lowest BCUT2D eigenvalue weighted by molar-refractivity contribution is -0.111. The monoisotopic (exact) mass is 467 g/mol. The van der Waals surface area contributed by atoms with E-state index in [1.807, 2.05) is 0 Å². The van der Waals surface area contributed by atoms with Crippen LogP contribution < -0.4 is 10.6 Å². The van der Waals surface area contributed by atoms with Crippen LogP contribution in [0.2, 0.25) is 0 Å². The molecule has 1 heterocycles. The Morgan fingerprint density at radius 2 is 1.52 bits per heavy atom. The third-order valence-electron chi connectivity index (χ3n) is 5.84. The van der Waals surface area contributed by atoms with Gasteiger partial charge in [0.05, 0.1) is 4.90 Å². The molecular formula is C25H29N3O4S. The van der Waals surface area contributed by atoms with Crippen LogP contribution in [0.25, 0.3) is 6.08 Å². The normalized spacial score (nSPS) is 17.5. The Labute approximate surface area is 194 Å². The number of sulfonamides is 1. The second-order valence-electron chi connectivity index (χ2n) is 8.54. The van der Waals surface area contributed by atoms with Gasteiger partial charge in [-0.15, -0.1) is 0 Å². The van der Waals surface area contributed by atoms with Gasteiger partial charge < -0.3 is 10.6 Å². The standard InChI is InChI=1S/C25H29N3O4S/c29-24(16-7-19-5-8-20(9-6-19)25(30)27-22-10-11-22)26-21-12-14-23(15-13-21)33(31,32)28-17-3-1-2-4-18-28/h5-9,12-16,22H,1-4,10-11,17-18H2,(H,26,29)(H,27,30)/b16-7+. The topological polar surface area (TPSA) is 95.6 Å². The van der Waals surface area contributed by atoms with Gasteiger partial charge in [0, 0.05) is 36.5 Å². The van der Waals surface area contributed by atoms with Crippen molar-refractivity contribution in [2.24, 2.45) is 0 Å². The van der Waals surface area contributed by atoms with Gasteiger partial charge in [-0.05, 0) is 73.7 Å². The van der Waals surface area contributed by atoms with Crippen molar-refractivity contribution in [2.45, 2.75) is 49.5 Å². The molecule has 174 valence electrons. The van der Waals surface area contributed by atoms with Crippen LogP contribution in [0.15, 0.2) is 59.5 Å². The first-order valence-electron chi connectivity index (χ1n) is 11.4. The quantitative estimate of drug-likeness (QED) is 0.606. The molecule has 2 aromatic carbocycles. The summed E-state index contributed by atoms with van der Waals surface area (Å²) < 4.78 is 27.3. The van der Waals surface area contributed by atoms with Gasteiger partial charge in [-0.25, -0.2) is 8.42 Å². The van der Waals surface area contributed by atoms with Gasteiger partial charge in [0.25, 0.3) is 5.91 Å². The Balaban J connectivity index is 1.32. The van der Waals surface area contributed by atoms with E-state index in [4.69, 9.17) is 0 Å². The summed E-state index contributed by atoms with van der Waals surface area (Å²) in [6.45, 7) is 1.11. The Kier molecular flexibility index (Phi) is 7.25. The SMILES string of the molecule is O=C(/C=C/c1ccc(C(=O)NC2CC2)cc1)Nc1ccc(S(=O)(=O)N2CCCCCC2)cc1. The second-order valence-corrected chi connectivity index (χ2v) is 10.5. The number of amides is 2. The molecule has 0 bridgehead atoms. The zero-order valence-electron chi connectivity index (χ0n) is 18.5. The number of hydrogen-bond acceptors (Lipinski definition) is 4. The van der Waals surface area contributed by atoms with Crippen LogP contribution in [-0.2, 0) is 14.8 Å². The number of nitrogens with zero attached hydrogens (tertiary/aromatic N) is 1. The highest BCUT2D eigenvalue weighted by Crippen LogP contribution is 2.22. The molecule has 33 heavy (non-hydrogen) atoms. The third-order valence-corrected chi connectivity index (χ3v) is 7.75. The smallest absolute Gasteiger partial charge is 0.251 e. The minimum Gasteiger partial charge on any atom is -0.349 e. The van der Waals surface area contributed by atoms with Crippen LogP contribution in [0.1, 0.15) is 54.4 Å². The first-order valence-corrected chi connectivity index (χ1v) is 12.9. The van der Waals surface area contributed by atoms with Crippen molar-refractivity contribution < 1.29 is 18.0 Å². The number of anilines is 1. The molecule has 1 aliphatic carbocycles. The fourth-order valence-electron chi connectivity index (χ4n) is 3.74. The van der Waals surface area contributed by atoms with E-state index in [0.717, 1.165) is 44.1 Å². The maximum atomic E-state index is 12.9. The van der Waals surface area contributed by atoms with E-state index < -0.39 is 10.0 Å². The minimum absolute atomic E-state index is 0.0768. The molecule has 0 unspecified atom stereocenters. The summed E-state index contributed by atoms with van der Waals surface area (Å²) in [7, 11) is -3.51. The van der Waals surface area contributed by atoms with E-state index in [1.165, 1.54) is 18.2 Å². The Morgan fingerprint density at radius 1 is 0.879 bits per heavy atom. The molecule has 2 N–H and O–H groups in total. The summed E-state index contributed by atoms with van der Waals surface area (Å²) >= 11 is 0.